The minimum atomic E-state index is -1.17. The SMILES string of the molecule is CC(C)C[C@@H](CC(=O)N[C@@H](CCC(=O)O)CC(=O)O)NC(=O)[C@@H]1CCCC[C@H]1NC(=O)C[C@H](CCCN)NC(=O)C[C@H](Cc1c[nH]c2ccccc12)NC(=O)[C@@H]1CNCC[C@H]1N. The van der Waals surface area contributed by atoms with Crippen LogP contribution in [0.5, 0.6) is 0 Å². The molecular formula is C44H69N9O9. The molecule has 18 nitrogen and oxygen atoms in total. The van der Waals surface area contributed by atoms with E-state index in [2.05, 4.69) is 36.9 Å². The van der Waals surface area contributed by atoms with Crippen LogP contribution < -0.4 is 43.4 Å². The van der Waals surface area contributed by atoms with E-state index < -0.39 is 66.3 Å². The van der Waals surface area contributed by atoms with Gasteiger partial charge in [-0.2, -0.15) is 0 Å². The summed E-state index contributed by atoms with van der Waals surface area (Å²) in [5.74, 6) is -4.86. The van der Waals surface area contributed by atoms with Crippen molar-refractivity contribution in [2.24, 2.45) is 29.2 Å². The smallest absolute Gasteiger partial charge is 0.305 e. The summed E-state index contributed by atoms with van der Waals surface area (Å²) in [7, 11) is 0. The Hall–Kier alpha value is -5.07. The van der Waals surface area contributed by atoms with Crippen molar-refractivity contribution in [1.82, 2.24) is 36.9 Å². The number of benzene rings is 1. The number of H-pyrrole nitrogens is 1. The lowest BCUT2D eigenvalue weighted by molar-refractivity contribution is -0.140. The summed E-state index contributed by atoms with van der Waals surface area (Å²) in [4.78, 5) is 93.6. The summed E-state index contributed by atoms with van der Waals surface area (Å²) in [5, 5.41) is 37.4. The van der Waals surface area contributed by atoms with Crippen LogP contribution in [0.4, 0.5) is 0 Å². The zero-order chi connectivity index (χ0) is 45.2. The van der Waals surface area contributed by atoms with Gasteiger partial charge < -0.3 is 58.6 Å². The predicted octanol–water partition coefficient (Wildman–Crippen LogP) is 1.56. The third-order valence-electron chi connectivity index (χ3n) is 11.8. The highest BCUT2D eigenvalue weighted by Gasteiger charge is 2.35. The van der Waals surface area contributed by atoms with Gasteiger partial charge in [-0.25, -0.2) is 0 Å². The molecule has 5 amide bonds. The van der Waals surface area contributed by atoms with Crippen molar-refractivity contribution >= 4 is 52.4 Å². The largest absolute Gasteiger partial charge is 0.481 e. The van der Waals surface area contributed by atoms with Crippen LogP contribution in [0.1, 0.15) is 109 Å². The van der Waals surface area contributed by atoms with E-state index in [1.165, 1.54) is 0 Å². The number of carboxylic acids is 2. The zero-order valence-electron chi connectivity index (χ0n) is 36.2. The molecule has 0 bridgehead atoms. The van der Waals surface area contributed by atoms with Crippen molar-refractivity contribution in [2.45, 2.75) is 146 Å². The standard InChI is InChI=1S/C44H69N9O9/c1-26(2)18-30(21-38(54)50-29(23-42(59)60)13-14-41(57)58)51-43(61)33-10-4-6-12-37(33)53-40(56)20-28(8-7-16-45)49-39(55)22-31(52-44(62)34-25-47-17-15-35(34)46)19-27-24-48-36-11-5-3-9-32(27)36/h3,5,9,11,24,26,28-31,33-35,37,47-48H,4,6-8,10,12-23,25,45-46H2,1-2H3,(H,49,55)(H,50,54)(H,51,61)(H,52,62)(H,53,56)(H,57,58)(H,59,60)/t28-,29-,30-,31-,33+,34+,35+,37+/m0/s1. The lowest BCUT2D eigenvalue weighted by atomic mass is 9.83. The summed E-state index contributed by atoms with van der Waals surface area (Å²) in [6.45, 7) is 5.43. The van der Waals surface area contributed by atoms with Crippen LogP contribution in [-0.2, 0) is 40.0 Å². The Kier molecular flexibility index (Phi) is 20.1. The molecule has 0 unspecified atom stereocenters. The number of hydrogen-bond acceptors (Lipinski definition) is 10. The van der Waals surface area contributed by atoms with E-state index >= 15 is 0 Å². The number of carbonyl (C=O) groups is 7. The lowest BCUT2D eigenvalue weighted by Crippen LogP contribution is -2.54. The van der Waals surface area contributed by atoms with Gasteiger partial charge in [0.2, 0.25) is 29.5 Å². The molecule has 62 heavy (non-hydrogen) atoms. The van der Waals surface area contributed by atoms with Gasteiger partial charge in [-0.15, -0.1) is 0 Å². The van der Waals surface area contributed by atoms with Crippen LogP contribution >= 0.6 is 0 Å². The number of nitrogens with two attached hydrogens (primary N) is 2. The average Bonchev–Trinajstić information content (AvgIpc) is 3.61. The Labute approximate surface area is 363 Å². The number of para-hydroxylation sites is 1. The maximum Gasteiger partial charge on any atom is 0.305 e. The topological polar surface area (TPSA) is 300 Å². The lowest BCUT2D eigenvalue weighted by Gasteiger charge is -2.33. The van der Waals surface area contributed by atoms with E-state index in [0.717, 1.165) is 35.9 Å². The molecule has 2 aromatic rings. The van der Waals surface area contributed by atoms with E-state index in [-0.39, 0.29) is 67.7 Å². The number of rotatable bonds is 25. The number of carboxylic acid groups (broad SMARTS) is 2. The van der Waals surface area contributed by atoms with Gasteiger partial charge in [0.25, 0.3) is 0 Å². The monoisotopic (exact) mass is 868 g/mol. The fourth-order valence-electron chi connectivity index (χ4n) is 8.74. The molecule has 8 atom stereocenters. The van der Waals surface area contributed by atoms with Crippen molar-refractivity contribution in [3.05, 3.63) is 36.0 Å². The summed E-state index contributed by atoms with van der Waals surface area (Å²) >= 11 is 0. The van der Waals surface area contributed by atoms with Crippen molar-refractivity contribution in [1.29, 1.82) is 0 Å². The first-order valence-electron chi connectivity index (χ1n) is 22.3. The molecule has 344 valence electrons. The normalized spacial score (nSPS) is 20.9. The molecule has 1 aliphatic carbocycles. The van der Waals surface area contributed by atoms with Crippen LogP contribution in [-0.4, -0.2) is 113 Å². The second-order valence-electron chi connectivity index (χ2n) is 17.5. The Morgan fingerprint density at radius 3 is 2.08 bits per heavy atom. The third-order valence-corrected chi connectivity index (χ3v) is 11.8. The number of hydrogen-bond donors (Lipinski definition) is 11. The summed E-state index contributed by atoms with van der Waals surface area (Å²) in [6.07, 6.45) is 6.05. The van der Waals surface area contributed by atoms with E-state index in [0.29, 0.717) is 58.0 Å². The van der Waals surface area contributed by atoms with Crippen molar-refractivity contribution in [2.75, 3.05) is 19.6 Å². The maximum atomic E-state index is 13.9. The van der Waals surface area contributed by atoms with Crippen molar-refractivity contribution < 1.29 is 43.8 Å². The van der Waals surface area contributed by atoms with E-state index in [4.69, 9.17) is 16.6 Å². The number of nitrogens with one attached hydrogen (secondary N) is 7. The summed E-state index contributed by atoms with van der Waals surface area (Å²) < 4.78 is 0. The molecule has 0 radical (unpaired) electrons. The Morgan fingerprint density at radius 1 is 0.758 bits per heavy atom. The first kappa shape index (κ1) is 49.6. The van der Waals surface area contributed by atoms with Crippen LogP contribution in [0.25, 0.3) is 10.9 Å². The third kappa shape index (κ3) is 16.7. The molecule has 1 aromatic carbocycles. The number of aromatic nitrogens is 1. The number of aromatic amines is 1. The van der Waals surface area contributed by atoms with Gasteiger partial charge in [-0.1, -0.05) is 44.9 Å². The Bertz CT molecular complexity index is 1820. The van der Waals surface area contributed by atoms with Crippen molar-refractivity contribution in [3.63, 3.8) is 0 Å². The van der Waals surface area contributed by atoms with Gasteiger partial charge in [0, 0.05) is 85.6 Å². The van der Waals surface area contributed by atoms with Crippen LogP contribution in [0.15, 0.2) is 30.5 Å². The zero-order valence-corrected chi connectivity index (χ0v) is 36.2. The highest BCUT2D eigenvalue weighted by molar-refractivity contribution is 5.86. The number of amides is 5. The van der Waals surface area contributed by atoms with E-state index in [1.54, 1.807) is 0 Å². The van der Waals surface area contributed by atoms with Gasteiger partial charge >= 0.3 is 11.9 Å². The Morgan fingerprint density at radius 2 is 1.40 bits per heavy atom. The summed E-state index contributed by atoms with van der Waals surface area (Å²) in [5.41, 5.74) is 14.1. The van der Waals surface area contributed by atoms with Crippen molar-refractivity contribution in [3.8, 4) is 0 Å². The van der Waals surface area contributed by atoms with E-state index in [1.807, 2.05) is 44.3 Å². The number of aliphatic carboxylic acids is 2. The highest BCUT2D eigenvalue weighted by atomic mass is 16.4. The van der Waals surface area contributed by atoms with Gasteiger partial charge in [0.15, 0.2) is 0 Å². The maximum absolute atomic E-state index is 13.9. The molecule has 0 spiro atoms. The molecule has 1 aromatic heterocycles. The minimum Gasteiger partial charge on any atom is -0.481 e. The second kappa shape index (κ2) is 25.1. The van der Waals surface area contributed by atoms with Crippen LogP contribution in [0, 0.1) is 17.8 Å². The minimum absolute atomic E-state index is 0.0373. The fraction of sp³-hybridized carbons (Fsp3) is 0.659. The molecule has 4 rings (SSSR count). The van der Waals surface area contributed by atoms with Gasteiger partial charge in [-0.3, -0.25) is 33.6 Å². The molecule has 2 fully saturated rings. The van der Waals surface area contributed by atoms with Gasteiger partial charge in [0.05, 0.1) is 18.3 Å². The number of piperidine rings is 1. The van der Waals surface area contributed by atoms with Crippen LogP contribution in [0.3, 0.4) is 0 Å². The molecule has 13 N–H and O–H groups in total. The van der Waals surface area contributed by atoms with Crippen LogP contribution in [0.2, 0.25) is 0 Å². The average molecular weight is 868 g/mol. The number of carbonyl (C=O) groups excluding carboxylic acids is 5. The highest BCUT2D eigenvalue weighted by Crippen LogP contribution is 2.26. The molecule has 18 heteroatoms. The van der Waals surface area contributed by atoms with Gasteiger partial charge in [0.1, 0.15) is 0 Å². The van der Waals surface area contributed by atoms with E-state index in [9.17, 15) is 38.7 Å². The molecule has 1 saturated heterocycles. The second-order valence-corrected chi connectivity index (χ2v) is 17.5. The first-order chi connectivity index (χ1) is 29.6. The Balaban J connectivity index is 1.39. The number of fused-ring (bicyclic) bond motifs is 1. The molecule has 1 aliphatic heterocycles. The predicted molar refractivity (Wildman–Crippen MR) is 233 cm³/mol. The summed E-state index contributed by atoms with van der Waals surface area (Å²) in [6, 6.07) is 4.45. The first-order valence-corrected chi connectivity index (χ1v) is 22.3. The van der Waals surface area contributed by atoms with Gasteiger partial charge in [-0.05, 0) is 82.0 Å². The molecular weight excluding hydrogens is 799 g/mol. The molecule has 2 heterocycles. The quantitative estimate of drug-likeness (QED) is 0.0678. The fourth-order valence-corrected chi connectivity index (χ4v) is 8.74. The molecule has 2 aliphatic rings. The molecule has 1 saturated carbocycles.